The molecule has 0 spiro atoms. The molecule has 0 atom stereocenters. The zero-order chi connectivity index (χ0) is 12.5. The molecule has 0 unspecified atom stereocenters. The fourth-order valence-electron chi connectivity index (χ4n) is 0.864. The lowest BCUT2D eigenvalue weighted by Gasteiger charge is -2.21. The number of halogens is 8. The minimum Gasteiger partial charge on any atom is -0.216 e. The van der Waals surface area contributed by atoms with E-state index in [2.05, 4.69) is 0 Å². The average Bonchev–Trinajstić information content (AvgIpc) is 2.04. The van der Waals surface area contributed by atoms with E-state index in [1.807, 2.05) is 0 Å². The molecule has 1 heterocycles. The Hall–Kier alpha value is -0.610. The highest BCUT2D eigenvalue weighted by Crippen LogP contribution is 2.64. The van der Waals surface area contributed by atoms with Crippen molar-refractivity contribution in [2.24, 2.45) is 0 Å². The molecular formula is C4F8O2S. The molecule has 90 valence electrons. The van der Waals surface area contributed by atoms with Gasteiger partial charge in [0.2, 0.25) is 0 Å². The number of rotatable bonds is 0. The van der Waals surface area contributed by atoms with Crippen LogP contribution < -0.4 is 0 Å². The number of hydrogen-bond acceptors (Lipinski definition) is 2. The summed E-state index contributed by atoms with van der Waals surface area (Å²) < 4.78 is 118. The summed E-state index contributed by atoms with van der Waals surface area (Å²) in [7, 11) is -7.28. The van der Waals surface area contributed by atoms with Gasteiger partial charge in [-0.05, 0) is 0 Å². The van der Waals surface area contributed by atoms with Crippen LogP contribution in [0.3, 0.4) is 0 Å². The Labute approximate surface area is 76.8 Å². The molecule has 0 aliphatic carbocycles. The highest BCUT2D eigenvalue weighted by atomic mass is 32.2. The Morgan fingerprint density at radius 3 is 0.867 bits per heavy atom. The summed E-state index contributed by atoms with van der Waals surface area (Å²) in [6, 6.07) is 0. The molecule has 15 heavy (non-hydrogen) atoms. The second-order valence-corrected chi connectivity index (χ2v) is 4.72. The van der Waals surface area contributed by atoms with Crippen LogP contribution in [0.4, 0.5) is 35.1 Å². The van der Waals surface area contributed by atoms with Gasteiger partial charge in [-0.2, -0.15) is 35.1 Å². The van der Waals surface area contributed by atoms with Gasteiger partial charge < -0.3 is 0 Å². The van der Waals surface area contributed by atoms with Crippen LogP contribution in [0, 0.1) is 0 Å². The van der Waals surface area contributed by atoms with Gasteiger partial charge in [0.05, 0.1) is 0 Å². The normalized spacial score (nSPS) is 33.9. The molecule has 0 bridgehead atoms. The smallest absolute Gasteiger partial charge is 0.216 e. The predicted octanol–water partition coefficient (Wildman–Crippen LogP) is 1.87. The molecule has 0 aromatic rings. The van der Waals surface area contributed by atoms with Crippen molar-refractivity contribution in [2.45, 2.75) is 22.4 Å². The van der Waals surface area contributed by atoms with Gasteiger partial charge in [0.25, 0.3) is 9.84 Å². The van der Waals surface area contributed by atoms with Crippen LogP contribution in [0.5, 0.6) is 0 Å². The number of sulfone groups is 1. The van der Waals surface area contributed by atoms with Crippen molar-refractivity contribution < 1.29 is 43.5 Å². The first-order chi connectivity index (χ1) is 6.25. The minimum absolute atomic E-state index is 6.51. The Kier molecular flexibility index (Phi) is 1.98. The van der Waals surface area contributed by atoms with E-state index in [1.54, 1.807) is 0 Å². The van der Waals surface area contributed by atoms with Crippen molar-refractivity contribution in [1.29, 1.82) is 0 Å². The van der Waals surface area contributed by atoms with Crippen LogP contribution in [0.25, 0.3) is 0 Å². The molecule has 1 aliphatic heterocycles. The second kappa shape index (κ2) is 2.38. The van der Waals surface area contributed by atoms with Crippen LogP contribution in [0.2, 0.25) is 0 Å². The molecule has 11 heteroatoms. The molecule has 0 saturated carbocycles. The summed E-state index contributed by atoms with van der Waals surface area (Å²) in [5, 5.41) is -13.0. The van der Waals surface area contributed by atoms with E-state index in [-0.39, 0.29) is 0 Å². The SMILES string of the molecule is O=S1(=O)C(F)(F)C(F)(F)C(F)(F)C1(F)F. The van der Waals surface area contributed by atoms with Gasteiger partial charge in [-0.25, -0.2) is 8.42 Å². The molecule has 0 aromatic carbocycles. The van der Waals surface area contributed by atoms with E-state index in [0.717, 1.165) is 0 Å². The monoisotopic (exact) mass is 264 g/mol. The van der Waals surface area contributed by atoms with Gasteiger partial charge in [0, 0.05) is 0 Å². The van der Waals surface area contributed by atoms with E-state index >= 15 is 0 Å². The summed E-state index contributed by atoms with van der Waals surface area (Å²) in [6.07, 6.45) is 0. The first-order valence-corrected chi connectivity index (χ1v) is 4.49. The van der Waals surface area contributed by atoms with Crippen LogP contribution in [0.15, 0.2) is 0 Å². The zero-order valence-corrected chi connectivity index (χ0v) is 7.06. The molecular weight excluding hydrogens is 264 g/mol. The van der Waals surface area contributed by atoms with E-state index in [0.29, 0.717) is 0 Å². The van der Waals surface area contributed by atoms with Crippen LogP contribution in [-0.2, 0) is 9.84 Å². The molecule has 0 radical (unpaired) electrons. The Bertz CT molecular complexity index is 363. The van der Waals surface area contributed by atoms with Crippen LogP contribution in [-0.4, -0.2) is 30.8 Å². The van der Waals surface area contributed by atoms with Crippen molar-refractivity contribution in [3.8, 4) is 0 Å². The summed E-state index contributed by atoms with van der Waals surface area (Å²) in [5.41, 5.74) is 0. The summed E-state index contributed by atoms with van der Waals surface area (Å²) in [6.45, 7) is 0. The first-order valence-electron chi connectivity index (χ1n) is 3.00. The summed E-state index contributed by atoms with van der Waals surface area (Å²) >= 11 is 0. The van der Waals surface area contributed by atoms with Crippen LogP contribution >= 0.6 is 0 Å². The largest absolute Gasteiger partial charge is 0.419 e. The highest BCUT2D eigenvalue weighted by Gasteiger charge is 2.97. The molecule has 0 aromatic heterocycles. The zero-order valence-electron chi connectivity index (χ0n) is 6.25. The summed E-state index contributed by atoms with van der Waals surface area (Å²) in [4.78, 5) is 0. The fourth-order valence-corrected chi connectivity index (χ4v) is 2.12. The average molecular weight is 264 g/mol. The van der Waals surface area contributed by atoms with Gasteiger partial charge in [0.15, 0.2) is 0 Å². The van der Waals surface area contributed by atoms with Gasteiger partial charge in [-0.15, -0.1) is 0 Å². The van der Waals surface area contributed by atoms with Crippen molar-refractivity contribution in [3.63, 3.8) is 0 Å². The Balaban J connectivity index is 3.71. The van der Waals surface area contributed by atoms with Gasteiger partial charge in [0.1, 0.15) is 0 Å². The molecule has 2 nitrogen and oxygen atoms in total. The molecule has 1 saturated heterocycles. The molecule has 1 aliphatic rings. The third-order valence-corrected chi connectivity index (χ3v) is 3.66. The summed E-state index contributed by atoms with van der Waals surface area (Å²) in [5.74, 6) is -13.3. The fraction of sp³-hybridized carbons (Fsp3) is 1.00. The van der Waals surface area contributed by atoms with Gasteiger partial charge in [-0.3, -0.25) is 0 Å². The molecule has 0 amide bonds. The first kappa shape index (κ1) is 12.5. The van der Waals surface area contributed by atoms with E-state index in [9.17, 15) is 43.5 Å². The van der Waals surface area contributed by atoms with E-state index < -0.39 is 32.2 Å². The second-order valence-electron chi connectivity index (χ2n) is 2.69. The third-order valence-electron chi connectivity index (χ3n) is 1.80. The van der Waals surface area contributed by atoms with E-state index in [4.69, 9.17) is 0 Å². The maximum atomic E-state index is 12.2. The lowest BCUT2D eigenvalue weighted by Crippen LogP contribution is -2.51. The van der Waals surface area contributed by atoms with Gasteiger partial charge >= 0.3 is 22.4 Å². The standard InChI is InChI=1S/C4F8O2S/c5-1(6)2(7,8)4(11,12)15(13,14)3(1,9)10. The van der Waals surface area contributed by atoms with Gasteiger partial charge in [-0.1, -0.05) is 0 Å². The highest BCUT2D eigenvalue weighted by molar-refractivity contribution is 7.94. The minimum atomic E-state index is -7.28. The Morgan fingerprint density at radius 2 is 0.800 bits per heavy atom. The van der Waals surface area contributed by atoms with Crippen molar-refractivity contribution in [2.75, 3.05) is 0 Å². The van der Waals surface area contributed by atoms with Crippen molar-refractivity contribution >= 4 is 9.84 Å². The number of alkyl halides is 8. The van der Waals surface area contributed by atoms with Crippen molar-refractivity contribution in [3.05, 3.63) is 0 Å². The maximum absolute atomic E-state index is 12.2. The maximum Gasteiger partial charge on any atom is 0.419 e. The van der Waals surface area contributed by atoms with E-state index in [1.165, 1.54) is 0 Å². The lowest BCUT2D eigenvalue weighted by molar-refractivity contribution is -0.303. The Morgan fingerprint density at radius 1 is 0.600 bits per heavy atom. The number of hydrogen-bond donors (Lipinski definition) is 0. The third kappa shape index (κ3) is 0.882. The van der Waals surface area contributed by atoms with Crippen molar-refractivity contribution in [1.82, 2.24) is 0 Å². The predicted molar refractivity (Wildman–Crippen MR) is 28.7 cm³/mol. The molecule has 1 fully saturated rings. The van der Waals surface area contributed by atoms with Crippen LogP contribution in [0.1, 0.15) is 0 Å². The quantitative estimate of drug-likeness (QED) is 0.626. The molecule has 0 N–H and O–H groups in total. The molecule has 1 rings (SSSR count). The lowest BCUT2D eigenvalue weighted by atomic mass is 10.2. The topological polar surface area (TPSA) is 34.1 Å².